The lowest BCUT2D eigenvalue weighted by Crippen LogP contribution is -2.45. The lowest BCUT2D eigenvalue weighted by Gasteiger charge is -2.39. The van der Waals surface area contributed by atoms with Crippen LogP contribution < -0.4 is 0 Å². The number of nitrogens with zero attached hydrogens (tertiary/aromatic N) is 5. The zero-order valence-corrected chi connectivity index (χ0v) is 16.1. The first-order valence-electron chi connectivity index (χ1n) is 10.1. The SMILES string of the molecule is CC1CC(C(=O)N2Cc3nnn(C)c3C(COCCN3CCCC3)C2)C1. The molecule has 7 nitrogen and oxygen atoms in total. The highest BCUT2D eigenvalue weighted by Crippen LogP contribution is 2.36. The number of aryl methyl sites for hydroxylation is 1. The van der Waals surface area contributed by atoms with Crippen LogP contribution >= 0.6 is 0 Å². The number of amides is 1. The van der Waals surface area contributed by atoms with Crippen molar-refractivity contribution in [3.05, 3.63) is 11.4 Å². The molecule has 0 bridgehead atoms. The Morgan fingerprint density at radius 3 is 2.77 bits per heavy atom. The Kier molecular flexibility index (Phi) is 5.27. The van der Waals surface area contributed by atoms with E-state index in [-0.39, 0.29) is 11.8 Å². The van der Waals surface area contributed by atoms with Crippen LogP contribution in [0.2, 0.25) is 0 Å². The molecule has 7 heteroatoms. The minimum atomic E-state index is 0.166. The third-order valence-corrected chi connectivity index (χ3v) is 6.22. The van der Waals surface area contributed by atoms with E-state index in [4.69, 9.17) is 4.74 Å². The van der Waals surface area contributed by atoms with Gasteiger partial charge < -0.3 is 14.5 Å². The smallest absolute Gasteiger partial charge is 0.226 e. The number of ether oxygens (including phenoxy) is 1. The predicted molar refractivity (Wildman–Crippen MR) is 97.5 cm³/mol. The molecule has 2 fully saturated rings. The van der Waals surface area contributed by atoms with Gasteiger partial charge in [0.25, 0.3) is 0 Å². The van der Waals surface area contributed by atoms with Gasteiger partial charge >= 0.3 is 0 Å². The molecule has 1 saturated heterocycles. The molecule has 26 heavy (non-hydrogen) atoms. The van der Waals surface area contributed by atoms with Crippen molar-refractivity contribution in [2.75, 3.05) is 39.4 Å². The molecule has 3 aliphatic rings. The van der Waals surface area contributed by atoms with Gasteiger partial charge in [0, 0.05) is 32.0 Å². The van der Waals surface area contributed by atoms with Crippen LogP contribution in [0.5, 0.6) is 0 Å². The van der Waals surface area contributed by atoms with Crippen molar-refractivity contribution < 1.29 is 9.53 Å². The number of fused-ring (bicyclic) bond motifs is 1. The number of hydrogen-bond donors (Lipinski definition) is 0. The average molecular weight is 361 g/mol. The fourth-order valence-corrected chi connectivity index (χ4v) is 4.70. The number of rotatable bonds is 6. The predicted octanol–water partition coefficient (Wildman–Crippen LogP) is 1.40. The van der Waals surface area contributed by atoms with E-state index in [0.29, 0.717) is 25.0 Å². The molecule has 144 valence electrons. The molecule has 2 aliphatic heterocycles. The van der Waals surface area contributed by atoms with Gasteiger partial charge in [0.2, 0.25) is 5.91 Å². The highest BCUT2D eigenvalue weighted by molar-refractivity contribution is 5.80. The highest BCUT2D eigenvalue weighted by atomic mass is 16.5. The Morgan fingerprint density at radius 2 is 2.04 bits per heavy atom. The molecule has 3 heterocycles. The first-order chi connectivity index (χ1) is 12.6. The molecule has 1 aromatic rings. The Labute approximate surface area is 155 Å². The molecule has 1 saturated carbocycles. The Morgan fingerprint density at radius 1 is 1.27 bits per heavy atom. The molecular weight excluding hydrogens is 330 g/mol. The van der Waals surface area contributed by atoms with Gasteiger partial charge in [-0.05, 0) is 44.7 Å². The van der Waals surface area contributed by atoms with Gasteiger partial charge in [-0.3, -0.25) is 9.48 Å². The van der Waals surface area contributed by atoms with Crippen LogP contribution in [0.15, 0.2) is 0 Å². The van der Waals surface area contributed by atoms with Crippen molar-refractivity contribution in [1.29, 1.82) is 0 Å². The quantitative estimate of drug-likeness (QED) is 0.717. The minimum Gasteiger partial charge on any atom is -0.379 e. The zero-order chi connectivity index (χ0) is 18.1. The van der Waals surface area contributed by atoms with E-state index in [1.165, 1.54) is 25.9 Å². The Bertz CT molecular complexity index is 634. The fraction of sp³-hybridized carbons (Fsp3) is 0.842. The number of aromatic nitrogens is 3. The highest BCUT2D eigenvalue weighted by Gasteiger charge is 2.38. The van der Waals surface area contributed by atoms with Crippen LogP contribution in [0.4, 0.5) is 0 Å². The normalized spacial score (nSPS) is 28.8. The Hall–Kier alpha value is -1.47. The second kappa shape index (κ2) is 7.64. The van der Waals surface area contributed by atoms with Crippen molar-refractivity contribution in [2.45, 2.75) is 45.1 Å². The summed E-state index contributed by atoms with van der Waals surface area (Å²) in [5, 5.41) is 8.49. The molecule has 0 aromatic carbocycles. The first-order valence-corrected chi connectivity index (χ1v) is 10.1. The summed E-state index contributed by atoms with van der Waals surface area (Å²) in [6, 6.07) is 0. The third-order valence-electron chi connectivity index (χ3n) is 6.22. The molecule has 1 amide bonds. The van der Waals surface area contributed by atoms with Gasteiger partial charge in [-0.15, -0.1) is 5.10 Å². The van der Waals surface area contributed by atoms with E-state index in [2.05, 4.69) is 22.1 Å². The maximum atomic E-state index is 12.8. The van der Waals surface area contributed by atoms with E-state index < -0.39 is 0 Å². The van der Waals surface area contributed by atoms with Crippen LogP contribution in [0.1, 0.15) is 49.9 Å². The molecule has 4 rings (SSSR count). The molecule has 1 atom stereocenters. The number of carbonyl (C=O) groups excluding carboxylic acids is 1. The zero-order valence-electron chi connectivity index (χ0n) is 16.1. The largest absolute Gasteiger partial charge is 0.379 e. The number of hydrogen-bond acceptors (Lipinski definition) is 5. The average Bonchev–Trinajstić information content (AvgIpc) is 3.25. The van der Waals surface area contributed by atoms with Gasteiger partial charge in [0.15, 0.2) is 0 Å². The van der Waals surface area contributed by atoms with Crippen molar-refractivity contribution in [1.82, 2.24) is 24.8 Å². The molecule has 1 unspecified atom stereocenters. The van der Waals surface area contributed by atoms with Gasteiger partial charge in [-0.25, -0.2) is 0 Å². The molecule has 0 N–H and O–H groups in total. The molecule has 0 spiro atoms. The maximum absolute atomic E-state index is 12.8. The molecule has 1 aromatic heterocycles. The second-order valence-electron chi connectivity index (χ2n) is 8.36. The lowest BCUT2D eigenvalue weighted by atomic mass is 9.75. The van der Waals surface area contributed by atoms with Crippen molar-refractivity contribution in [2.24, 2.45) is 18.9 Å². The third kappa shape index (κ3) is 3.64. The van der Waals surface area contributed by atoms with Gasteiger partial charge in [0.1, 0.15) is 5.69 Å². The maximum Gasteiger partial charge on any atom is 0.226 e. The summed E-state index contributed by atoms with van der Waals surface area (Å²) in [7, 11) is 1.94. The van der Waals surface area contributed by atoms with Crippen molar-refractivity contribution in [3.63, 3.8) is 0 Å². The molecular formula is C19H31N5O2. The lowest BCUT2D eigenvalue weighted by molar-refractivity contribution is -0.141. The van der Waals surface area contributed by atoms with Gasteiger partial charge in [-0.2, -0.15) is 0 Å². The summed E-state index contributed by atoms with van der Waals surface area (Å²) in [6.07, 6.45) is 4.67. The number of carbonyl (C=O) groups is 1. The summed E-state index contributed by atoms with van der Waals surface area (Å²) >= 11 is 0. The second-order valence-corrected chi connectivity index (χ2v) is 8.36. The first kappa shape index (κ1) is 17.9. The Balaban J connectivity index is 1.35. The standard InChI is InChI=1S/C19H31N5O2/c1-14-9-15(10-14)19(25)24-11-16(18-17(12-24)20-21-22(18)2)13-26-8-7-23-5-3-4-6-23/h14-16H,3-13H2,1-2H3. The van der Waals surface area contributed by atoms with E-state index in [9.17, 15) is 4.79 Å². The number of likely N-dealkylation sites (tertiary alicyclic amines) is 1. The summed E-state index contributed by atoms with van der Waals surface area (Å²) < 4.78 is 7.87. The summed E-state index contributed by atoms with van der Waals surface area (Å²) in [5.74, 6) is 1.35. The fourth-order valence-electron chi connectivity index (χ4n) is 4.70. The van der Waals surface area contributed by atoms with Crippen LogP contribution in [0.3, 0.4) is 0 Å². The van der Waals surface area contributed by atoms with E-state index in [1.807, 2.05) is 16.6 Å². The van der Waals surface area contributed by atoms with Gasteiger partial charge in [-0.1, -0.05) is 12.1 Å². The van der Waals surface area contributed by atoms with Gasteiger partial charge in [0.05, 0.1) is 25.5 Å². The summed E-state index contributed by atoms with van der Waals surface area (Å²) in [5.41, 5.74) is 2.07. The van der Waals surface area contributed by atoms with Crippen LogP contribution in [0, 0.1) is 11.8 Å². The van der Waals surface area contributed by atoms with Crippen LogP contribution in [-0.2, 0) is 23.1 Å². The van der Waals surface area contributed by atoms with E-state index >= 15 is 0 Å². The van der Waals surface area contributed by atoms with Crippen molar-refractivity contribution in [3.8, 4) is 0 Å². The minimum absolute atomic E-state index is 0.166. The van der Waals surface area contributed by atoms with Crippen LogP contribution in [0.25, 0.3) is 0 Å². The summed E-state index contributed by atoms with van der Waals surface area (Å²) in [6.45, 7) is 8.33. The topological polar surface area (TPSA) is 63.5 Å². The van der Waals surface area contributed by atoms with E-state index in [1.54, 1.807) is 0 Å². The molecule has 0 radical (unpaired) electrons. The van der Waals surface area contributed by atoms with Crippen molar-refractivity contribution >= 4 is 5.91 Å². The molecule has 1 aliphatic carbocycles. The summed E-state index contributed by atoms with van der Waals surface area (Å²) in [4.78, 5) is 17.3. The monoisotopic (exact) mass is 361 g/mol. The van der Waals surface area contributed by atoms with E-state index in [0.717, 1.165) is 43.9 Å². The van der Waals surface area contributed by atoms with Crippen LogP contribution in [-0.4, -0.2) is 70.1 Å².